The number of hydrogen-bond acceptors (Lipinski definition) is 5. The Bertz CT molecular complexity index is 785. The van der Waals surface area contributed by atoms with Crippen LogP contribution in [0.5, 0.6) is 0 Å². The lowest BCUT2D eigenvalue weighted by Gasteiger charge is -2.27. The van der Waals surface area contributed by atoms with Gasteiger partial charge in [0.05, 0.1) is 13.2 Å². The zero-order valence-corrected chi connectivity index (χ0v) is 15.5. The highest BCUT2D eigenvalue weighted by Gasteiger charge is 2.39. The molecule has 142 valence electrons. The lowest BCUT2D eigenvalue weighted by atomic mass is 10.0. The number of carbonyl (C=O) groups is 2. The molecule has 0 aliphatic carbocycles. The normalized spacial score (nSPS) is 17.3. The predicted molar refractivity (Wildman–Crippen MR) is 101 cm³/mol. The van der Waals surface area contributed by atoms with Crippen molar-refractivity contribution in [3.8, 4) is 12.3 Å². The molecule has 3 rings (SSSR count). The summed E-state index contributed by atoms with van der Waals surface area (Å²) in [6.07, 6.45) is 7.41. The maximum absolute atomic E-state index is 12.6. The topological polar surface area (TPSA) is 83.4 Å². The SMILES string of the molecule is C#CCCC1(CCC(=O)Nc2cc(C(=O)N3CCOCC3)ccc2C)N=N1. The van der Waals surface area contributed by atoms with E-state index in [0.29, 0.717) is 63.2 Å². The summed E-state index contributed by atoms with van der Waals surface area (Å²) in [5.74, 6) is 2.42. The molecule has 0 unspecified atom stereocenters. The van der Waals surface area contributed by atoms with E-state index in [1.807, 2.05) is 13.0 Å². The Morgan fingerprint density at radius 1 is 1.30 bits per heavy atom. The highest BCUT2D eigenvalue weighted by Crippen LogP contribution is 2.37. The molecule has 2 aliphatic heterocycles. The van der Waals surface area contributed by atoms with Gasteiger partial charge in [-0.25, -0.2) is 0 Å². The van der Waals surface area contributed by atoms with Crippen molar-refractivity contribution in [2.45, 2.75) is 38.3 Å². The molecule has 2 aliphatic rings. The van der Waals surface area contributed by atoms with Crippen LogP contribution in [0.4, 0.5) is 5.69 Å². The van der Waals surface area contributed by atoms with Crippen molar-refractivity contribution < 1.29 is 14.3 Å². The molecule has 1 aromatic rings. The third-order valence-corrected chi connectivity index (χ3v) is 4.86. The molecule has 0 atom stereocenters. The first-order valence-corrected chi connectivity index (χ1v) is 9.18. The minimum Gasteiger partial charge on any atom is -0.378 e. The van der Waals surface area contributed by atoms with Crippen LogP contribution < -0.4 is 5.32 Å². The van der Waals surface area contributed by atoms with Crippen LogP contribution in [-0.4, -0.2) is 48.7 Å². The minimum atomic E-state index is -0.465. The minimum absolute atomic E-state index is 0.0439. The largest absolute Gasteiger partial charge is 0.378 e. The van der Waals surface area contributed by atoms with Gasteiger partial charge in [-0.15, -0.1) is 12.3 Å². The van der Waals surface area contributed by atoms with Crippen LogP contribution in [0.2, 0.25) is 0 Å². The van der Waals surface area contributed by atoms with E-state index in [-0.39, 0.29) is 11.8 Å². The van der Waals surface area contributed by atoms with Crippen molar-refractivity contribution in [1.82, 2.24) is 4.90 Å². The fourth-order valence-electron chi connectivity index (χ4n) is 3.03. The van der Waals surface area contributed by atoms with Gasteiger partial charge in [0.25, 0.3) is 5.91 Å². The van der Waals surface area contributed by atoms with Gasteiger partial charge < -0.3 is 15.0 Å². The number of nitrogens with one attached hydrogen (secondary N) is 1. The number of ether oxygens (including phenoxy) is 1. The van der Waals surface area contributed by atoms with Gasteiger partial charge in [-0.1, -0.05) is 6.07 Å². The summed E-state index contributed by atoms with van der Waals surface area (Å²) in [6.45, 7) is 4.18. The van der Waals surface area contributed by atoms with Gasteiger partial charge in [0.15, 0.2) is 5.66 Å². The van der Waals surface area contributed by atoms with Gasteiger partial charge in [0.2, 0.25) is 5.91 Å². The van der Waals surface area contributed by atoms with Crippen LogP contribution in [0.25, 0.3) is 0 Å². The molecule has 1 fully saturated rings. The molecular formula is C20H24N4O3. The second kappa shape index (κ2) is 8.31. The fourth-order valence-corrected chi connectivity index (χ4v) is 3.03. The number of carbonyl (C=O) groups excluding carboxylic acids is 2. The number of terminal acetylenes is 1. The highest BCUT2D eigenvalue weighted by molar-refractivity contribution is 5.97. The first-order chi connectivity index (χ1) is 13.0. The van der Waals surface area contributed by atoms with Crippen LogP contribution in [0.1, 0.15) is 41.6 Å². The average molecular weight is 368 g/mol. The number of morpholine rings is 1. The summed E-state index contributed by atoms with van der Waals surface area (Å²) >= 11 is 0. The first kappa shape index (κ1) is 19.1. The predicted octanol–water partition coefficient (Wildman–Crippen LogP) is 2.76. The van der Waals surface area contributed by atoms with Gasteiger partial charge in [0, 0.05) is 50.0 Å². The van der Waals surface area contributed by atoms with E-state index in [1.165, 1.54) is 0 Å². The molecule has 1 aromatic carbocycles. The number of aryl methyl sites for hydroxylation is 1. The highest BCUT2D eigenvalue weighted by atomic mass is 16.5. The van der Waals surface area contributed by atoms with E-state index in [1.54, 1.807) is 17.0 Å². The van der Waals surface area contributed by atoms with Crippen LogP contribution in [0.15, 0.2) is 28.4 Å². The molecular weight excluding hydrogens is 344 g/mol. The van der Waals surface area contributed by atoms with Crippen molar-refractivity contribution in [2.24, 2.45) is 10.2 Å². The van der Waals surface area contributed by atoms with Crippen LogP contribution >= 0.6 is 0 Å². The molecule has 27 heavy (non-hydrogen) atoms. The van der Waals surface area contributed by atoms with Gasteiger partial charge in [-0.3, -0.25) is 9.59 Å². The summed E-state index contributed by atoms with van der Waals surface area (Å²) < 4.78 is 5.29. The van der Waals surface area contributed by atoms with E-state index in [4.69, 9.17) is 11.2 Å². The number of amides is 2. The van der Waals surface area contributed by atoms with Crippen LogP contribution in [0, 0.1) is 19.3 Å². The Labute approximate surface area is 159 Å². The zero-order valence-electron chi connectivity index (χ0n) is 15.5. The quantitative estimate of drug-likeness (QED) is 0.751. The molecule has 2 amide bonds. The second-order valence-electron chi connectivity index (χ2n) is 6.87. The number of benzene rings is 1. The van der Waals surface area contributed by atoms with E-state index < -0.39 is 5.66 Å². The fraction of sp³-hybridized carbons (Fsp3) is 0.500. The number of hydrogen-bond donors (Lipinski definition) is 1. The molecule has 1 saturated heterocycles. The maximum Gasteiger partial charge on any atom is 0.254 e. The van der Waals surface area contributed by atoms with E-state index >= 15 is 0 Å². The average Bonchev–Trinajstić information content (AvgIpc) is 3.47. The first-order valence-electron chi connectivity index (χ1n) is 9.18. The number of anilines is 1. The molecule has 0 radical (unpaired) electrons. The summed E-state index contributed by atoms with van der Waals surface area (Å²) in [6, 6.07) is 5.38. The molecule has 0 saturated carbocycles. The molecule has 7 heteroatoms. The summed E-state index contributed by atoms with van der Waals surface area (Å²) in [5.41, 5.74) is 1.66. The van der Waals surface area contributed by atoms with E-state index in [9.17, 15) is 9.59 Å². The van der Waals surface area contributed by atoms with Gasteiger partial charge >= 0.3 is 0 Å². The van der Waals surface area contributed by atoms with Gasteiger partial charge in [-0.05, 0) is 24.6 Å². The Balaban J connectivity index is 1.58. The smallest absolute Gasteiger partial charge is 0.254 e. The standard InChI is InChI=1S/C20H24N4O3/c1-3-4-8-20(22-23-20)9-7-18(25)21-17-14-16(6-5-15(17)2)19(26)24-10-12-27-13-11-24/h1,5-6,14H,4,7-13H2,2H3,(H,21,25). The van der Waals surface area contributed by atoms with Crippen molar-refractivity contribution in [3.63, 3.8) is 0 Å². The van der Waals surface area contributed by atoms with Crippen LogP contribution in [-0.2, 0) is 9.53 Å². The van der Waals surface area contributed by atoms with Crippen molar-refractivity contribution in [1.29, 1.82) is 0 Å². The molecule has 2 heterocycles. The summed E-state index contributed by atoms with van der Waals surface area (Å²) in [7, 11) is 0. The Kier molecular flexibility index (Phi) is 5.87. The lowest BCUT2D eigenvalue weighted by Crippen LogP contribution is -2.40. The molecule has 0 aromatic heterocycles. The van der Waals surface area contributed by atoms with Crippen molar-refractivity contribution in [3.05, 3.63) is 29.3 Å². The summed E-state index contributed by atoms with van der Waals surface area (Å²) in [5, 5.41) is 11.0. The van der Waals surface area contributed by atoms with E-state index in [0.717, 1.165) is 5.56 Å². The molecule has 0 bridgehead atoms. The Morgan fingerprint density at radius 3 is 2.70 bits per heavy atom. The Hall–Kier alpha value is -2.72. The monoisotopic (exact) mass is 368 g/mol. The number of nitrogens with zero attached hydrogens (tertiary/aromatic N) is 3. The lowest BCUT2D eigenvalue weighted by molar-refractivity contribution is -0.116. The van der Waals surface area contributed by atoms with Gasteiger partial charge in [0.1, 0.15) is 0 Å². The molecule has 1 N–H and O–H groups in total. The third-order valence-electron chi connectivity index (χ3n) is 4.86. The van der Waals surface area contributed by atoms with Crippen molar-refractivity contribution >= 4 is 17.5 Å². The van der Waals surface area contributed by atoms with Gasteiger partial charge in [-0.2, -0.15) is 10.2 Å². The Morgan fingerprint density at radius 2 is 2.04 bits per heavy atom. The summed E-state index contributed by atoms with van der Waals surface area (Å²) in [4.78, 5) is 26.7. The van der Waals surface area contributed by atoms with Crippen molar-refractivity contribution in [2.75, 3.05) is 31.6 Å². The third kappa shape index (κ3) is 4.92. The van der Waals surface area contributed by atoms with Crippen LogP contribution in [0.3, 0.4) is 0 Å². The number of rotatable bonds is 7. The zero-order chi connectivity index (χ0) is 19.3. The second-order valence-corrected chi connectivity index (χ2v) is 6.87. The maximum atomic E-state index is 12.6. The molecule has 0 spiro atoms. The molecule has 7 nitrogen and oxygen atoms in total. The van der Waals surface area contributed by atoms with E-state index in [2.05, 4.69) is 21.5 Å².